The highest BCUT2D eigenvalue weighted by Gasteiger charge is 2.13. The lowest BCUT2D eigenvalue weighted by molar-refractivity contribution is -0.384. The molecule has 2 aromatic rings. The lowest BCUT2D eigenvalue weighted by Crippen LogP contribution is -2.04. The highest BCUT2D eigenvalue weighted by atomic mass is 16.6. The summed E-state index contributed by atoms with van der Waals surface area (Å²) in [6.07, 6.45) is 1.50. The Kier molecular flexibility index (Phi) is 5.05. The van der Waals surface area contributed by atoms with Crippen molar-refractivity contribution in [3.05, 3.63) is 52.7 Å². The number of hydrogen-bond donors (Lipinski definition) is 1. The van der Waals surface area contributed by atoms with Gasteiger partial charge in [-0.05, 0) is 30.3 Å². The Morgan fingerprint density at radius 3 is 2.67 bits per heavy atom. The van der Waals surface area contributed by atoms with Gasteiger partial charge in [0, 0.05) is 25.1 Å². The molecule has 0 aliphatic rings. The maximum atomic E-state index is 10.9. The third-order valence-corrected chi connectivity index (χ3v) is 2.66. The molecule has 0 fully saturated rings. The summed E-state index contributed by atoms with van der Waals surface area (Å²) in [5, 5.41) is 13.8. The molecule has 21 heavy (non-hydrogen) atoms. The van der Waals surface area contributed by atoms with E-state index in [1.54, 1.807) is 31.4 Å². The monoisotopic (exact) mass is 289 g/mol. The molecule has 0 spiro atoms. The summed E-state index contributed by atoms with van der Waals surface area (Å²) in [6, 6.07) is 9.99. The molecule has 2 rings (SSSR count). The van der Waals surface area contributed by atoms with Crippen molar-refractivity contribution in [2.45, 2.75) is 0 Å². The topological polar surface area (TPSA) is 86.5 Å². The molecule has 0 radical (unpaired) electrons. The smallest absolute Gasteiger partial charge is 0.311 e. The molecule has 1 aromatic heterocycles. The van der Waals surface area contributed by atoms with Gasteiger partial charge in [-0.25, -0.2) is 4.98 Å². The minimum Gasteiger partial charge on any atom is -0.491 e. The van der Waals surface area contributed by atoms with Gasteiger partial charge in [-0.15, -0.1) is 0 Å². The summed E-state index contributed by atoms with van der Waals surface area (Å²) in [4.78, 5) is 14.4. The molecule has 7 nitrogen and oxygen atoms in total. The minimum atomic E-state index is -0.475. The Morgan fingerprint density at radius 2 is 2.00 bits per heavy atom. The molecule has 0 saturated carbocycles. The number of nitrogens with one attached hydrogen (secondary N) is 1. The van der Waals surface area contributed by atoms with Crippen LogP contribution in [0.3, 0.4) is 0 Å². The van der Waals surface area contributed by atoms with Crippen LogP contribution in [0.1, 0.15) is 0 Å². The fraction of sp³-hybridized carbons (Fsp3) is 0.214. The van der Waals surface area contributed by atoms with Gasteiger partial charge < -0.3 is 14.8 Å². The second-order valence-corrected chi connectivity index (χ2v) is 4.12. The van der Waals surface area contributed by atoms with Crippen molar-refractivity contribution in [2.75, 3.05) is 25.6 Å². The largest absolute Gasteiger partial charge is 0.491 e. The van der Waals surface area contributed by atoms with Crippen LogP contribution in [-0.4, -0.2) is 30.2 Å². The summed E-state index contributed by atoms with van der Waals surface area (Å²) >= 11 is 0. The summed E-state index contributed by atoms with van der Waals surface area (Å²) in [5.41, 5.74) is 0.619. The Balaban J connectivity index is 2.05. The Bertz CT molecular complexity index is 601. The van der Waals surface area contributed by atoms with E-state index >= 15 is 0 Å². The maximum Gasteiger partial charge on any atom is 0.311 e. The van der Waals surface area contributed by atoms with Gasteiger partial charge >= 0.3 is 5.69 Å². The van der Waals surface area contributed by atoms with Crippen LogP contribution >= 0.6 is 0 Å². The van der Waals surface area contributed by atoms with E-state index in [4.69, 9.17) is 9.47 Å². The zero-order valence-electron chi connectivity index (χ0n) is 11.5. The number of hydrogen-bond acceptors (Lipinski definition) is 6. The third-order valence-electron chi connectivity index (χ3n) is 2.66. The van der Waals surface area contributed by atoms with E-state index < -0.39 is 4.92 Å². The molecule has 0 aliphatic carbocycles. The van der Waals surface area contributed by atoms with Crippen molar-refractivity contribution < 1.29 is 14.4 Å². The third kappa shape index (κ3) is 4.15. The van der Waals surface area contributed by atoms with E-state index in [0.29, 0.717) is 24.7 Å². The van der Waals surface area contributed by atoms with E-state index in [1.807, 2.05) is 0 Å². The van der Waals surface area contributed by atoms with E-state index in [2.05, 4.69) is 10.3 Å². The Hall–Kier alpha value is -2.67. The molecule has 0 amide bonds. The second kappa shape index (κ2) is 7.20. The van der Waals surface area contributed by atoms with Gasteiger partial charge in [-0.2, -0.15) is 0 Å². The molecule has 0 bridgehead atoms. The molecular weight excluding hydrogens is 274 g/mol. The van der Waals surface area contributed by atoms with Crippen molar-refractivity contribution >= 4 is 17.2 Å². The molecule has 110 valence electrons. The molecule has 1 N–H and O–H groups in total. The van der Waals surface area contributed by atoms with Crippen molar-refractivity contribution in [3.63, 3.8) is 0 Å². The van der Waals surface area contributed by atoms with Crippen LogP contribution in [0, 0.1) is 10.1 Å². The van der Waals surface area contributed by atoms with Gasteiger partial charge in [0.25, 0.3) is 0 Å². The molecule has 0 saturated heterocycles. The van der Waals surface area contributed by atoms with Gasteiger partial charge in [0.2, 0.25) is 5.82 Å². The first-order chi connectivity index (χ1) is 10.2. The molecule has 0 atom stereocenters. The first-order valence-electron chi connectivity index (χ1n) is 6.29. The van der Waals surface area contributed by atoms with Gasteiger partial charge in [-0.3, -0.25) is 10.1 Å². The first kappa shape index (κ1) is 14.7. The van der Waals surface area contributed by atoms with Crippen LogP contribution in [0.4, 0.5) is 17.2 Å². The van der Waals surface area contributed by atoms with Gasteiger partial charge in [0.1, 0.15) is 12.4 Å². The predicted molar refractivity (Wildman–Crippen MR) is 78.0 cm³/mol. The lowest BCUT2D eigenvalue weighted by Gasteiger charge is -2.08. The average Bonchev–Trinajstić information content (AvgIpc) is 2.50. The quantitative estimate of drug-likeness (QED) is 0.479. The van der Waals surface area contributed by atoms with Gasteiger partial charge in [0.15, 0.2) is 0 Å². The van der Waals surface area contributed by atoms with Crippen molar-refractivity contribution in [2.24, 2.45) is 0 Å². The van der Waals surface area contributed by atoms with Crippen molar-refractivity contribution in [3.8, 4) is 5.75 Å². The van der Waals surface area contributed by atoms with E-state index in [0.717, 1.165) is 0 Å². The van der Waals surface area contributed by atoms with Crippen molar-refractivity contribution in [1.82, 2.24) is 4.98 Å². The minimum absolute atomic E-state index is 0.0714. The van der Waals surface area contributed by atoms with Crippen LogP contribution in [0.25, 0.3) is 0 Å². The normalized spacial score (nSPS) is 10.1. The number of pyridine rings is 1. The Labute approximate surface area is 121 Å². The van der Waals surface area contributed by atoms with Crippen LogP contribution in [0.2, 0.25) is 0 Å². The zero-order chi connectivity index (χ0) is 15.1. The summed E-state index contributed by atoms with van der Waals surface area (Å²) in [5.74, 6) is 0.906. The van der Waals surface area contributed by atoms with Crippen LogP contribution < -0.4 is 10.1 Å². The van der Waals surface area contributed by atoms with E-state index in [1.165, 1.54) is 18.3 Å². The predicted octanol–water partition coefficient (Wildman–Crippen LogP) is 2.76. The molecule has 1 aromatic carbocycles. The SMILES string of the molecule is COCCOc1ccc(Nc2ncccc2[N+](=O)[O-])cc1. The summed E-state index contributed by atoms with van der Waals surface area (Å²) in [7, 11) is 1.61. The fourth-order valence-corrected chi connectivity index (χ4v) is 1.65. The lowest BCUT2D eigenvalue weighted by atomic mass is 10.3. The van der Waals surface area contributed by atoms with Crippen molar-refractivity contribution in [1.29, 1.82) is 0 Å². The number of anilines is 2. The highest BCUT2D eigenvalue weighted by molar-refractivity contribution is 5.65. The number of nitro groups is 1. The molecule has 1 heterocycles. The molecule has 0 unspecified atom stereocenters. The number of methoxy groups -OCH3 is 1. The van der Waals surface area contributed by atoms with Crippen LogP contribution in [0.5, 0.6) is 5.75 Å². The standard InChI is InChI=1S/C14H15N3O4/c1-20-9-10-21-12-6-4-11(5-7-12)16-14-13(17(18)19)3-2-8-15-14/h2-8H,9-10H2,1H3,(H,15,16). The summed E-state index contributed by atoms with van der Waals surface area (Å²) < 4.78 is 10.3. The van der Waals surface area contributed by atoms with Gasteiger partial charge in [-0.1, -0.05) is 0 Å². The number of benzene rings is 1. The number of ether oxygens (including phenoxy) is 2. The number of rotatable bonds is 7. The second-order valence-electron chi connectivity index (χ2n) is 4.12. The molecular formula is C14H15N3O4. The van der Waals surface area contributed by atoms with Crippen LogP contribution in [-0.2, 0) is 4.74 Å². The summed E-state index contributed by atoms with van der Waals surface area (Å²) in [6.45, 7) is 0.981. The van der Waals surface area contributed by atoms with Crippen LogP contribution in [0.15, 0.2) is 42.6 Å². The van der Waals surface area contributed by atoms with E-state index in [-0.39, 0.29) is 11.5 Å². The molecule has 0 aliphatic heterocycles. The first-order valence-corrected chi connectivity index (χ1v) is 6.29. The maximum absolute atomic E-state index is 10.9. The highest BCUT2D eigenvalue weighted by Crippen LogP contribution is 2.25. The van der Waals surface area contributed by atoms with Gasteiger partial charge in [0.05, 0.1) is 11.5 Å². The average molecular weight is 289 g/mol. The fourth-order valence-electron chi connectivity index (χ4n) is 1.65. The number of aromatic nitrogens is 1. The Morgan fingerprint density at radius 1 is 1.24 bits per heavy atom. The number of nitrogens with zero attached hydrogens (tertiary/aromatic N) is 2. The van der Waals surface area contributed by atoms with E-state index in [9.17, 15) is 10.1 Å². The zero-order valence-corrected chi connectivity index (χ0v) is 11.5. The molecule has 7 heteroatoms.